The molecule has 0 unspecified atom stereocenters. The first-order valence-electron chi connectivity index (χ1n) is 11.2. The molecular weight excluding hydrogens is 541 g/mol. The second-order valence-corrected chi connectivity index (χ2v) is 11.5. The molecule has 1 aliphatic rings. The Bertz CT molecular complexity index is 1590. The molecule has 4 aromatic rings. The van der Waals surface area contributed by atoms with Gasteiger partial charge in [0.25, 0.3) is 5.91 Å². The first kappa shape index (κ1) is 25.0. The van der Waals surface area contributed by atoms with Crippen molar-refractivity contribution in [1.82, 2.24) is 9.29 Å². The Morgan fingerprint density at radius 3 is 2.31 bits per heavy atom. The number of benzene rings is 3. The predicted molar refractivity (Wildman–Crippen MR) is 145 cm³/mol. The van der Waals surface area contributed by atoms with Crippen LogP contribution < -0.4 is 5.32 Å². The molecule has 1 aromatic heterocycles. The van der Waals surface area contributed by atoms with E-state index in [9.17, 15) is 13.2 Å². The van der Waals surface area contributed by atoms with E-state index in [1.807, 2.05) is 18.2 Å². The number of carbonyl (C=O) groups excluding carboxylic acids is 1. The fourth-order valence-electron chi connectivity index (χ4n) is 4.21. The predicted octanol–water partition coefficient (Wildman–Crippen LogP) is 6.90. The molecule has 0 aliphatic carbocycles. The Hall–Kier alpha value is -2.68. The topological polar surface area (TPSA) is 79.4 Å². The summed E-state index contributed by atoms with van der Waals surface area (Å²) in [5.41, 5.74) is 2.47. The standard InChI is InChI=1S/C26H20Cl3N3O3S/c27-21-12-11-19(24(28)25(21)29)23-15-20(18-5-1-2-6-22(18)31-23)26(33)30-16-7-9-17(10-8-16)36(34,35)32-13-3-4-14-32/h1-2,5-12,15H,3-4,13-14H2,(H,30,33). The lowest BCUT2D eigenvalue weighted by Crippen LogP contribution is -2.27. The number of anilines is 1. The van der Waals surface area contributed by atoms with Crippen molar-refractivity contribution in [3.63, 3.8) is 0 Å². The van der Waals surface area contributed by atoms with E-state index in [1.54, 1.807) is 36.4 Å². The molecule has 36 heavy (non-hydrogen) atoms. The molecule has 1 aliphatic heterocycles. The monoisotopic (exact) mass is 559 g/mol. The van der Waals surface area contributed by atoms with E-state index >= 15 is 0 Å². The third-order valence-electron chi connectivity index (χ3n) is 6.09. The number of amides is 1. The maximum absolute atomic E-state index is 13.4. The van der Waals surface area contributed by atoms with Crippen molar-refractivity contribution < 1.29 is 13.2 Å². The molecule has 0 saturated carbocycles. The molecule has 0 atom stereocenters. The van der Waals surface area contributed by atoms with E-state index in [0.29, 0.717) is 51.5 Å². The third kappa shape index (κ3) is 4.69. The van der Waals surface area contributed by atoms with Gasteiger partial charge in [-0.25, -0.2) is 13.4 Å². The fourth-order valence-corrected chi connectivity index (χ4v) is 6.36. The molecule has 3 aromatic carbocycles. The van der Waals surface area contributed by atoms with Gasteiger partial charge in [-0.3, -0.25) is 4.79 Å². The van der Waals surface area contributed by atoms with E-state index in [-0.39, 0.29) is 20.8 Å². The van der Waals surface area contributed by atoms with Gasteiger partial charge in [0.2, 0.25) is 10.0 Å². The molecule has 0 spiro atoms. The fraction of sp³-hybridized carbons (Fsp3) is 0.154. The summed E-state index contributed by atoms with van der Waals surface area (Å²) >= 11 is 18.7. The van der Waals surface area contributed by atoms with Crippen molar-refractivity contribution in [2.45, 2.75) is 17.7 Å². The van der Waals surface area contributed by atoms with Gasteiger partial charge in [-0.1, -0.05) is 53.0 Å². The van der Waals surface area contributed by atoms with E-state index < -0.39 is 10.0 Å². The van der Waals surface area contributed by atoms with Gasteiger partial charge in [-0.15, -0.1) is 0 Å². The lowest BCUT2D eigenvalue weighted by Gasteiger charge is -2.16. The highest BCUT2D eigenvalue weighted by Crippen LogP contribution is 2.38. The van der Waals surface area contributed by atoms with Crippen LogP contribution in [0, 0.1) is 0 Å². The van der Waals surface area contributed by atoms with Crippen LogP contribution in [0.15, 0.2) is 71.6 Å². The quantitative estimate of drug-likeness (QED) is 0.269. The summed E-state index contributed by atoms with van der Waals surface area (Å²) in [4.78, 5) is 18.2. The Morgan fingerprint density at radius 1 is 0.889 bits per heavy atom. The van der Waals surface area contributed by atoms with Crippen molar-refractivity contribution in [1.29, 1.82) is 0 Å². The van der Waals surface area contributed by atoms with Crippen LogP contribution >= 0.6 is 34.8 Å². The number of para-hydroxylation sites is 1. The van der Waals surface area contributed by atoms with Crippen LogP contribution in [0.5, 0.6) is 0 Å². The van der Waals surface area contributed by atoms with Crippen LogP contribution in [-0.2, 0) is 10.0 Å². The van der Waals surface area contributed by atoms with E-state index in [4.69, 9.17) is 34.8 Å². The highest BCUT2D eigenvalue weighted by Gasteiger charge is 2.27. The van der Waals surface area contributed by atoms with Crippen LogP contribution in [-0.4, -0.2) is 36.7 Å². The molecule has 10 heteroatoms. The Morgan fingerprint density at radius 2 is 1.58 bits per heavy atom. The van der Waals surface area contributed by atoms with Crippen molar-refractivity contribution >= 4 is 67.3 Å². The smallest absolute Gasteiger partial charge is 0.256 e. The number of hydrogen-bond acceptors (Lipinski definition) is 4. The van der Waals surface area contributed by atoms with Gasteiger partial charge in [0.1, 0.15) is 0 Å². The summed E-state index contributed by atoms with van der Waals surface area (Å²) in [5, 5.41) is 4.28. The number of fused-ring (bicyclic) bond motifs is 1. The number of halogens is 3. The summed E-state index contributed by atoms with van der Waals surface area (Å²) in [6.45, 7) is 1.06. The zero-order chi connectivity index (χ0) is 25.4. The maximum atomic E-state index is 13.4. The number of hydrogen-bond donors (Lipinski definition) is 1. The molecule has 5 rings (SSSR count). The molecule has 0 radical (unpaired) electrons. The van der Waals surface area contributed by atoms with Crippen molar-refractivity contribution in [2.75, 3.05) is 18.4 Å². The van der Waals surface area contributed by atoms with Gasteiger partial charge in [0, 0.05) is 29.7 Å². The Labute approximate surface area is 223 Å². The lowest BCUT2D eigenvalue weighted by molar-refractivity contribution is 0.102. The van der Waals surface area contributed by atoms with Gasteiger partial charge in [0.15, 0.2) is 0 Å². The van der Waals surface area contributed by atoms with Crippen molar-refractivity contribution in [3.05, 3.63) is 87.4 Å². The highest BCUT2D eigenvalue weighted by molar-refractivity contribution is 7.89. The van der Waals surface area contributed by atoms with Crippen LogP contribution in [0.1, 0.15) is 23.2 Å². The molecule has 1 saturated heterocycles. The third-order valence-corrected chi connectivity index (χ3v) is 9.29. The molecular formula is C26H20Cl3N3O3S. The number of rotatable bonds is 5. The molecule has 1 fully saturated rings. The number of carbonyl (C=O) groups is 1. The lowest BCUT2D eigenvalue weighted by atomic mass is 10.0. The summed E-state index contributed by atoms with van der Waals surface area (Å²) in [6, 6.07) is 18.4. The first-order valence-corrected chi connectivity index (χ1v) is 13.8. The Balaban J connectivity index is 1.48. The van der Waals surface area contributed by atoms with Crippen LogP contribution in [0.4, 0.5) is 5.69 Å². The van der Waals surface area contributed by atoms with Gasteiger partial charge >= 0.3 is 0 Å². The number of nitrogens with zero attached hydrogens (tertiary/aromatic N) is 2. The number of nitrogens with one attached hydrogen (secondary N) is 1. The minimum absolute atomic E-state index is 0.202. The molecule has 1 amide bonds. The summed E-state index contributed by atoms with van der Waals surface area (Å²) in [7, 11) is -3.53. The molecule has 184 valence electrons. The van der Waals surface area contributed by atoms with Gasteiger partial charge in [-0.2, -0.15) is 4.31 Å². The summed E-state index contributed by atoms with van der Waals surface area (Å²) in [5.74, 6) is -0.374. The molecule has 2 heterocycles. The summed E-state index contributed by atoms with van der Waals surface area (Å²) in [6.07, 6.45) is 1.73. The number of pyridine rings is 1. The normalized spacial score (nSPS) is 14.3. The minimum Gasteiger partial charge on any atom is -0.322 e. The zero-order valence-corrected chi connectivity index (χ0v) is 21.9. The van der Waals surface area contributed by atoms with E-state index in [0.717, 1.165) is 12.8 Å². The number of sulfonamides is 1. The molecule has 1 N–H and O–H groups in total. The Kier molecular flexibility index (Phi) is 6.94. The van der Waals surface area contributed by atoms with Crippen LogP contribution in [0.25, 0.3) is 22.2 Å². The SMILES string of the molecule is O=C(Nc1ccc(S(=O)(=O)N2CCCC2)cc1)c1cc(-c2ccc(Cl)c(Cl)c2Cl)nc2ccccc12. The average Bonchev–Trinajstić information content (AvgIpc) is 3.43. The van der Waals surface area contributed by atoms with Crippen molar-refractivity contribution in [2.24, 2.45) is 0 Å². The highest BCUT2D eigenvalue weighted by atomic mass is 35.5. The van der Waals surface area contributed by atoms with Gasteiger partial charge < -0.3 is 5.32 Å². The zero-order valence-electron chi connectivity index (χ0n) is 18.8. The maximum Gasteiger partial charge on any atom is 0.256 e. The van der Waals surface area contributed by atoms with Crippen LogP contribution in [0.2, 0.25) is 15.1 Å². The van der Waals surface area contributed by atoms with Crippen LogP contribution in [0.3, 0.4) is 0 Å². The second kappa shape index (κ2) is 10.00. The average molecular weight is 561 g/mol. The molecule has 0 bridgehead atoms. The van der Waals surface area contributed by atoms with Gasteiger partial charge in [0.05, 0.1) is 36.7 Å². The van der Waals surface area contributed by atoms with E-state index in [2.05, 4.69) is 10.3 Å². The number of aromatic nitrogens is 1. The first-order chi connectivity index (χ1) is 17.3. The summed E-state index contributed by atoms with van der Waals surface area (Å²) < 4.78 is 27.1. The molecule has 6 nitrogen and oxygen atoms in total. The minimum atomic E-state index is -3.53. The second-order valence-electron chi connectivity index (χ2n) is 8.38. The van der Waals surface area contributed by atoms with Crippen molar-refractivity contribution in [3.8, 4) is 11.3 Å². The van der Waals surface area contributed by atoms with E-state index in [1.165, 1.54) is 16.4 Å². The largest absolute Gasteiger partial charge is 0.322 e. The van der Waals surface area contributed by atoms with Gasteiger partial charge in [-0.05, 0) is 61.4 Å².